The SMILES string of the molecule is Cc1nc(NCC(=O)/C=C\c2cc(CN3CCCCC3)ccn2)[nH]c(=O)c1C. The summed E-state index contributed by atoms with van der Waals surface area (Å²) in [5, 5.41) is 2.86. The van der Waals surface area contributed by atoms with E-state index in [2.05, 4.69) is 25.2 Å². The molecule has 0 radical (unpaired) electrons. The van der Waals surface area contributed by atoms with Crippen LogP contribution in [0, 0.1) is 13.8 Å². The smallest absolute Gasteiger partial charge is 0.255 e. The third kappa shape index (κ3) is 5.60. The lowest BCUT2D eigenvalue weighted by atomic mass is 10.1. The van der Waals surface area contributed by atoms with Crippen LogP contribution < -0.4 is 10.9 Å². The minimum absolute atomic E-state index is 0.0510. The van der Waals surface area contributed by atoms with E-state index in [1.54, 1.807) is 26.1 Å². The molecule has 0 unspecified atom stereocenters. The molecule has 2 aromatic rings. The number of ketones is 1. The van der Waals surface area contributed by atoms with Crippen molar-refractivity contribution >= 4 is 17.8 Å². The van der Waals surface area contributed by atoms with Crippen molar-refractivity contribution in [3.8, 4) is 0 Å². The second-order valence-corrected chi connectivity index (χ2v) is 7.20. The molecule has 1 saturated heterocycles. The number of aromatic amines is 1. The molecule has 3 rings (SSSR count). The Bertz CT molecular complexity index is 913. The molecule has 7 nitrogen and oxygen atoms in total. The summed E-state index contributed by atoms with van der Waals surface area (Å²) in [5.74, 6) is 0.181. The van der Waals surface area contributed by atoms with Crippen LogP contribution >= 0.6 is 0 Å². The molecular formula is C21H27N5O2. The van der Waals surface area contributed by atoms with Crippen LogP contribution in [-0.4, -0.2) is 45.3 Å². The number of aryl methyl sites for hydroxylation is 1. The molecule has 0 aromatic carbocycles. The fourth-order valence-corrected chi connectivity index (χ4v) is 3.20. The zero-order valence-electron chi connectivity index (χ0n) is 16.5. The third-order valence-electron chi connectivity index (χ3n) is 4.97. The largest absolute Gasteiger partial charge is 0.348 e. The molecule has 0 aliphatic carbocycles. The van der Waals surface area contributed by atoms with Crippen molar-refractivity contribution in [2.45, 2.75) is 39.7 Å². The first kappa shape index (κ1) is 19.9. The Morgan fingerprint density at radius 2 is 2.07 bits per heavy atom. The number of hydrogen-bond donors (Lipinski definition) is 2. The predicted octanol–water partition coefficient (Wildman–Crippen LogP) is 2.46. The van der Waals surface area contributed by atoms with Gasteiger partial charge in [0.25, 0.3) is 5.56 Å². The predicted molar refractivity (Wildman–Crippen MR) is 110 cm³/mol. The number of nitrogens with zero attached hydrogens (tertiary/aromatic N) is 3. The van der Waals surface area contributed by atoms with E-state index < -0.39 is 0 Å². The zero-order valence-corrected chi connectivity index (χ0v) is 16.5. The lowest BCUT2D eigenvalue weighted by molar-refractivity contribution is -0.113. The Kier molecular flexibility index (Phi) is 6.71. The van der Waals surface area contributed by atoms with E-state index >= 15 is 0 Å². The monoisotopic (exact) mass is 381 g/mol. The van der Waals surface area contributed by atoms with Crippen LogP contribution in [0.15, 0.2) is 29.2 Å². The number of pyridine rings is 1. The summed E-state index contributed by atoms with van der Waals surface area (Å²) in [6.07, 6.45) is 8.85. The van der Waals surface area contributed by atoms with Gasteiger partial charge in [-0.15, -0.1) is 0 Å². The first-order chi connectivity index (χ1) is 13.5. The molecular weight excluding hydrogens is 354 g/mol. The van der Waals surface area contributed by atoms with Gasteiger partial charge < -0.3 is 5.32 Å². The van der Waals surface area contributed by atoms with E-state index in [4.69, 9.17) is 0 Å². The van der Waals surface area contributed by atoms with E-state index in [1.165, 1.54) is 30.9 Å². The molecule has 3 heterocycles. The van der Waals surface area contributed by atoms with Crippen LogP contribution in [0.3, 0.4) is 0 Å². The fraction of sp³-hybridized carbons (Fsp3) is 0.429. The van der Waals surface area contributed by atoms with Crippen LogP contribution in [0.25, 0.3) is 6.08 Å². The topological polar surface area (TPSA) is 91.0 Å². The number of H-pyrrole nitrogens is 1. The van der Waals surface area contributed by atoms with Gasteiger partial charge in [0.2, 0.25) is 5.95 Å². The Hall–Kier alpha value is -2.80. The molecule has 148 valence electrons. The van der Waals surface area contributed by atoms with Crippen LogP contribution in [-0.2, 0) is 11.3 Å². The maximum absolute atomic E-state index is 12.1. The van der Waals surface area contributed by atoms with Crippen molar-refractivity contribution < 1.29 is 4.79 Å². The lowest BCUT2D eigenvalue weighted by Crippen LogP contribution is -2.29. The Labute approximate surface area is 164 Å². The van der Waals surface area contributed by atoms with Gasteiger partial charge in [0.1, 0.15) is 0 Å². The molecule has 2 N–H and O–H groups in total. The Morgan fingerprint density at radius 3 is 2.82 bits per heavy atom. The Morgan fingerprint density at radius 1 is 1.29 bits per heavy atom. The highest BCUT2D eigenvalue weighted by Crippen LogP contribution is 2.13. The normalized spacial score (nSPS) is 15.1. The second kappa shape index (κ2) is 9.41. The highest BCUT2D eigenvalue weighted by Gasteiger charge is 2.10. The van der Waals surface area contributed by atoms with Gasteiger partial charge in [0.05, 0.1) is 12.2 Å². The van der Waals surface area contributed by atoms with Gasteiger partial charge in [-0.2, -0.15) is 0 Å². The number of carbonyl (C=O) groups excluding carboxylic acids is 1. The van der Waals surface area contributed by atoms with Gasteiger partial charge >= 0.3 is 0 Å². The number of carbonyl (C=O) groups is 1. The summed E-state index contributed by atoms with van der Waals surface area (Å²) >= 11 is 0. The van der Waals surface area contributed by atoms with E-state index in [-0.39, 0.29) is 17.9 Å². The maximum atomic E-state index is 12.1. The minimum Gasteiger partial charge on any atom is -0.348 e. The number of aromatic nitrogens is 3. The summed E-state index contributed by atoms with van der Waals surface area (Å²) in [7, 11) is 0. The van der Waals surface area contributed by atoms with Gasteiger partial charge in [-0.1, -0.05) is 6.42 Å². The van der Waals surface area contributed by atoms with Gasteiger partial charge in [0, 0.05) is 24.0 Å². The molecule has 0 atom stereocenters. The van der Waals surface area contributed by atoms with Gasteiger partial charge in [-0.25, -0.2) is 4.98 Å². The quantitative estimate of drug-likeness (QED) is 0.716. The molecule has 7 heteroatoms. The Balaban J connectivity index is 1.55. The number of likely N-dealkylation sites (tertiary alicyclic amines) is 1. The van der Waals surface area contributed by atoms with E-state index in [0.29, 0.717) is 17.2 Å². The number of rotatable bonds is 7. The standard InChI is InChI=1S/C21H27N5O2/c1-15-16(2)24-21(25-20(15)28)23-13-19(27)7-6-18-12-17(8-9-22-18)14-26-10-4-3-5-11-26/h6-9,12H,3-5,10-11,13-14H2,1-2H3,(H2,23,24,25,28)/b7-6-. The molecule has 2 aromatic heterocycles. The molecule has 1 fully saturated rings. The number of piperidine rings is 1. The number of anilines is 1. The van der Waals surface area contributed by atoms with E-state index in [0.717, 1.165) is 25.3 Å². The van der Waals surface area contributed by atoms with Crippen molar-refractivity contribution in [3.63, 3.8) is 0 Å². The number of hydrogen-bond acceptors (Lipinski definition) is 6. The van der Waals surface area contributed by atoms with Gasteiger partial charge in [-0.3, -0.25) is 24.5 Å². The average Bonchev–Trinajstić information content (AvgIpc) is 2.70. The molecule has 0 amide bonds. The molecule has 0 spiro atoms. The first-order valence-electron chi connectivity index (χ1n) is 9.71. The minimum atomic E-state index is -0.201. The van der Waals surface area contributed by atoms with Crippen LogP contribution in [0.5, 0.6) is 0 Å². The highest BCUT2D eigenvalue weighted by molar-refractivity contribution is 5.96. The summed E-state index contributed by atoms with van der Waals surface area (Å²) in [6.45, 7) is 6.74. The number of nitrogens with one attached hydrogen (secondary N) is 2. The molecule has 0 saturated carbocycles. The van der Waals surface area contributed by atoms with E-state index in [9.17, 15) is 9.59 Å². The highest BCUT2D eigenvalue weighted by atomic mass is 16.1. The van der Waals surface area contributed by atoms with E-state index in [1.807, 2.05) is 12.1 Å². The maximum Gasteiger partial charge on any atom is 0.255 e. The fourth-order valence-electron chi connectivity index (χ4n) is 3.20. The van der Waals surface area contributed by atoms with Crippen molar-refractivity contribution in [1.29, 1.82) is 0 Å². The van der Waals surface area contributed by atoms with Crippen LogP contribution in [0.4, 0.5) is 5.95 Å². The van der Waals surface area contributed by atoms with Crippen molar-refractivity contribution in [2.24, 2.45) is 0 Å². The van der Waals surface area contributed by atoms with Crippen molar-refractivity contribution in [3.05, 3.63) is 57.3 Å². The van der Waals surface area contributed by atoms with Gasteiger partial charge in [0.15, 0.2) is 5.78 Å². The van der Waals surface area contributed by atoms with Crippen LogP contribution in [0.1, 0.15) is 41.8 Å². The summed E-state index contributed by atoms with van der Waals surface area (Å²) in [5.41, 5.74) is 2.99. The van der Waals surface area contributed by atoms with Crippen molar-refractivity contribution in [1.82, 2.24) is 19.9 Å². The van der Waals surface area contributed by atoms with Crippen molar-refractivity contribution in [2.75, 3.05) is 25.0 Å². The molecule has 1 aliphatic heterocycles. The molecule has 28 heavy (non-hydrogen) atoms. The van der Waals surface area contributed by atoms with Gasteiger partial charge in [-0.05, 0) is 69.6 Å². The average molecular weight is 381 g/mol. The zero-order chi connectivity index (χ0) is 19.9. The summed E-state index contributed by atoms with van der Waals surface area (Å²) in [4.78, 5) is 37.5. The molecule has 0 bridgehead atoms. The second-order valence-electron chi connectivity index (χ2n) is 7.20. The third-order valence-corrected chi connectivity index (χ3v) is 4.97. The molecule has 1 aliphatic rings. The van der Waals surface area contributed by atoms with Crippen LogP contribution in [0.2, 0.25) is 0 Å². The first-order valence-corrected chi connectivity index (χ1v) is 9.71. The summed E-state index contributed by atoms with van der Waals surface area (Å²) in [6, 6.07) is 4.05. The summed E-state index contributed by atoms with van der Waals surface area (Å²) < 4.78 is 0. The lowest BCUT2D eigenvalue weighted by Gasteiger charge is -2.26.